The zero-order valence-electron chi connectivity index (χ0n) is 12.6. The van der Waals surface area contributed by atoms with Crippen molar-refractivity contribution in [2.75, 3.05) is 17.2 Å². The molecule has 20 heavy (non-hydrogen) atoms. The normalized spacial score (nSPS) is 12.2. The lowest BCUT2D eigenvalue weighted by Gasteiger charge is -2.23. The van der Waals surface area contributed by atoms with Crippen molar-refractivity contribution in [2.45, 2.75) is 46.6 Å². The molecule has 0 bridgehead atoms. The average Bonchev–Trinajstić information content (AvgIpc) is 2.40. The summed E-state index contributed by atoms with van der Waals surface area (Å²) in [6.45, 7) is 8.99. The van der Waals surface area contributed by atoms with E-state index in [1.165, 1.54) is 6.07 Å². The van der Waals surface area contributed by atoms with Gasteiger partial charge in [0, 0.05) is 18.7 Å². The highest BCUT2D eigenvalue weighted by Crippen LogP contribution is 2.26. The second-order valence-corrected chi connectivity index (χ2v) is 4.86. The second-order valence-electron chi connectivity index (χ2n) is 4.86. The summed E-state index contributed by atoms with van der Waals surface area (Å²) < 4.78 is 0. The van der Waals surface area contributed by atoms with E-state index in [1.807, 2.05) is 13.8 Å². The van der Waals surface area contributed by atoms with E-state index in [-0.39, 0.29) is 11.7 Å². The summed E-state index contributed by atoms with van der Waals surface area (Å²) >= 11 is 0. The van der Waals surface area contributed by atoms with Gasteiger partial charge in [0.25, 0.3) is 0 Å². The lowest BCUT2D eigenvalue weighted by Crippen LogP contribution is -2.26. The lowest BCUT2D eigenvalue weighted by molar-refractivity contribution is -0.384. The molecule has 1 heterocycles. The minimum atomic E-state index is -0.398. The molecular formula is C14H24N4O2. The molecule has 0 aliphatic heterocycles. The molecule has 0 amide bonds. The van der Waals surface area contributed by atoms with Crippen LogP contribution in [-0.2, 0) is 0 Å². The van der Waals surface area contributed by atoms with Crippen LogP contribution in [0.4, 0.5) is 17.3 Å². The van der Waals surface area contributed by atoms with E-state index >= 15 is 0 Å². The van der Waals surface area contributed by atoms with Gasteiger partial charge in [-0.1, -0.05) is 26.7 Å². The Labute approximate surface area is 120 Å². The first-order valence-electron chi connectivity index (χ1n) is 7.19. The van der Waals surface area contributed by atoms with Gasteiger partial charge in [0.05, 0.1) is 4.92 Å². The highest BCUT2D eigenvalue weighted by atomic mass is 16.6. The zero-order chi connectivity index (χ0) is 15.1. The van der Waals surface area contributed by atoms with Crippen LogP contribution >= 0.6 is 0 Å². The first kappa shape index (κ1) is 16.2. The predicted octanol–water partition coefficient (Wildman–Crippen LogP) is 3.66. The Morgan fingerprint density at radius 1 is 1.30 bits per heavy atom. The Bertz CT molecular complexity index is 447. The molecule has 1 unspecified atom stereocenters. The van der Waals surface area contributed by atoms with Gasteiger partial charge in [-0.15, -0.1) is 0 Å². The molecule has 0 radical (unpaired) electrons. The third-order valence-electron chi connectivity index (χ3n) is 3.55. The summed E-state index contributed by atoms with van der Waals surface area (Å²) in [6.07, 6.45) is 2.07. The number of aromatic nitrogens is 1. The van der Waals surface area contributed by atoms with E-state index in [1.54, 1.807) is 6.07 Å². The van der Waals surface area contributed by atoms with Gasteiger partial charge in [-0.2, -0.15) is 0 Å². The van der Waals surface area contributed by atoms with Gasteiger partial charge in [-0.25, -0.2) is 4.98 Å². The SMILES string of the molecule is CCNc1ccc([N+](=O)[O-])c(NC(C)C(CC)CC)n1. The van der Waals surface area contributed by atoms with Crippen molar-refractivity contribution in [1.82, 2.24) is 4.98 Å². The molecule has 112 valence electrons. The Kier molecular flexibility index (Phi) is 6.21. The van der Waals surface area contributed by atoms with Gasteiger partial charge < -0.3 is 10.6 Å². The van der Waals surface area contributed by atoms with E-state index in [0.29, 0.717) is 17.6 Å². The number of pyridine rings is 1. The highest BCUT2D eigenvalue weighted by Gasteiger charge is 2.20. The maximum absolute atomic E-state index is 11.1. The average molecular weight is 280 g/mol. The first-order chi connectivity index (χ1) is 9.53. The largest absolute Gasteiger partial charge is 0.370 e. The van der Waals surface area contributed by atoms with E-state index < -0.39 is 4.92 Å². The predicted molar refractivity (Wildman–Crippen MR) is 82.2 cm³/mol. The van der Waals surface area contributed by atoms with Crippen LogP contribution in [0.5, 0.6) is 0 Å². The quantitative estimate of drug-likeness (QED) is 0.561. The fourth-order valence-corrected chi connectivity index (χ4v) is 2.31. The number of nitrogens with one attached hydrogen (secondary N) is 2. The van der Waals surface area contributed by atoms with Crippen molar-refractivity contribution in [3.8, 4) is 0 Å². The van der Waals surface area contributed by atoms with Crippen LogP contribution < -0.4 is 10.6 Å². The Morgan fingerprint density at radius 2 is 1.95 bits per heavy atom. The fraction of sp³-hybridized carbons (Fsp3) is 0.643. The van der Waals surface area contributed by atoms with Crippen molar-refractivity contribution in [3.05, 3.63) is 22.2 Å². The van der Waals surface area contributed by atoms with Gasteiger partial charge in [-0.3, -0.25) is 10.1 Å². The topological polar surface area (TPSA) is 80.1 Å². The van der Waals surface area contributed by atoms with E-state index in [0.717, 1.165) is 19.4 Å². The van der Waals surface area contributed by atoms with Crippen molar-refractivity contribution in [1.29, 1.82) is 0 Å². The molecule has 0 aromatic carbocycles. The molecule has 1 atom stereocenters. The molecule has 1 rings (SSSR count). The van der Waals surface area contributed by atoms with Crippen LogP contribution in [0.3, 0.4) is 0 Å². The third-order valence-corrected chi connectivity index (χ3v) is 3.55. The van der Waals surface area contributed by atoms with Gasteiger partial charge >= 0.3 is 5.69 Å². The molecule has 0 saturated carbocycles. The molecule has 0 fully saturated rings. The van der Waals surface area contributed by atoms with Crippen LogP contribution in [0.15, 0.2) is 12.1 Å². The van der Waals surface area contributed by atoms with Gasteiger partial charge in [0.15, 0.2) is 0 Å². The van der Waals surface area contributed by atoms with Crippen molar-refractivity contribution in [3.63, 3.8) is 0 Å². The number of hydrogen-bond donors (Lipinski definition) is 2. The number of rotatable bonds is 8. The van der Waals surface area contributed by atoms with Crippen molar-refractivity contribution in [2.24, 2.45) is 5.92 Å². The minimum Gasteiger partial charge on any atom is -0.370 e. The molecule has 0 saturated heterocycles. The Hall–Kier alpha value is -1.85. The molecule has 0 spiro atoms. The van der Waals surface area contributed by atoms with Crippen LogP contribution in [-0.4, -0.2) is 22.5 Å². The standard InChI is InChI=1S/C14H24N4O2/c1-5-11(6-2)10(4)16-14-12(18(19)20)8-9-13(17-14)15-7-3/h8-11H,5-7H2,1-4H3,(H2,15,16,17). The van der Waals surface area contributed by atoms with Crippen LogP contribution in [0, 0.1) is 16.0 Å². The number of hydrogen-bond acceptors (Lipinski definition) is 5. The summed E-state index contributed by atoms with van der Waals surface area (Å²) in [5, 5.41) is 17.4. The van der Waals surface area contributed by atoms with E-state index in [2.05, 4.69) is 29.5 Å². The van der Waals surface area contributed by atoms with Crippen LogP contribution in [0.25, 0.3) is 0 Å². The number of nitro groups is 1. The van der Waals surface area contributed by atoms with Crippen molar-refractivity contribution < 1.29 is 4.92 Å². The molecular weight excluding hydrogens is 256 g/mol. The van der Waals surface area contributed by atoms with Gasteiger partial charge in [-0.05, 0) is 25.8 Å². The molecule has 6 nitrogen and oxygen atoms in total. The van der Waals surface area contributed by atoms with Crippen LogP contribution in [0.1, 0.15) is 40.5 Å². The zero-order valence-corrected chi connectivity index (χ0v) is 12.6. The van der Waals surface area contributed by atoms with E-state index in [4.69, 9.17) is 0 Å². The monoisotopic (exact) mass is 280 g/mol. The molecule has 2 N–H and O–H groups in total. The van der Waals surface area contributed by atoms with Crippen molar-refractivity contribution >= 4 is 17.3 Å². The number of anilines is 2. The summed E-state index contributed by atoms with van der Waals surface area (Å²) in [5.74, 6) is 1.46. The molecule has 6 heteroatoms. The van der Waals surface area contributed by atoms with E-state index in [9.17, 15) is 10.1 Å². The van der Waals surface area contributed by atoms with Gasteiger partial charge in [0.2, 0.25) is 5.82 Å². The molecule has 1 aromatic rings. The maximum atomic E-state index is 11.1. The summed E-state index contributed by atoms with van der Waals surface area (Å²) in [5.41, 5.74) is 0.0180. The van der Waals surface area contributed by atoms with Crippen LogP contribution in [0.2, 0.25) is 0 Å². The highest BCUT2D eigenvalue weighted by molar-refractivity contribution is 5.60. The summed E-state index contributed by atoms with van der Waals surface area (Å²) in [7, 11) is 0. The smallest absolute Gasteiger partial charge is 0.311 e. The fourth-order valence-electron chi connectivity index (χ4n) is 2.31. The van der Waals surface area contributed by atoms with Gasteiger partial charge in [0.1, 0.15) is 5.82 Å². The number of nitrogens with zero attached hydrogens (tertiary/aromatic N) is 2. The molecule has 1 aromatic heterocycles. The minimum absolute atomic E-state index is 0.0180. The molecule has 0 aliphatic rings. The summed E-state index contributed by atoms with van der Waals surface area (Å²) in [6, 6.07) is 3.27. The molecule has 0 aliphatic carbocycles. The maximum Gasteiger partial charge on any atom is 0.311 e. The summed E-state index contributed by atoms with van der Waals surface area (Å²) in [4.78, 5) is 15.0. The lowest BCUT2D eigenvalue weighted by atomic mass is 9.95. The third kappa shape index (κ3) is 4.08. The second kappa shape index (κ2) is 7.67. The Balaban J connectivity index is 3.00. The first-order valence-corrected chi connectivity index (χ1v) is 7.19. The Morgan fingerprint density at radius 3 is 2.45 bits per heavy atom.